The van der Waals surface area contributed by atoms with Gasteiger partial charge in [0.1, 0.15) is 0 Å². The van der Waals surface area contributed by atoms with E-state index in [4.69, 9.17) is 20.9 Å². The van der Waals surface area contributed by atoms with E-state index < -0.39 is 0 Å². The van der Waals surface area contributed by atoms with Gasteiger partial charge in [-0.2, -0.15) is 4.98 Å². The number of aryl methyl sites for hydroxylation is 1. The van der Waals surface area contributed by atoms with Crippen molar-refractivity contribution in [1.29, 1.82) is 0 Å². The summed E-state index contributed by atoms with van der Waals surface area (Å²) in [6.45, 7) is 6.30. The highest BCUT2D eigenvalue weighted by Gasteiger charge is 2.09. The van der Waals surface area contributed by atoms with E-state index in [2.05, 4.69) is 29.3 Å². The van der Waals surface area contributed by atoms with Crippen LogP contribution in [0.2, 0.25) is 5.02 Å². The molecule has 0 saturated heterocycles. The SMILES string of the molecule is CC(C)COCCCNC(=O)CCCc1nc(-c2ccc(Cl)cc2)no1. The fourth-order valence-electron chi connectivity index (χ4n) is 2.28. The summed E-state index contributed by atoms with van der Waals surface area (Å²) in [5.74, 6) is 1.63. The predicted molar refractivity (Wildman–Crippen MR) is 101 cm³/mol. The van der Waals surface area contributed by atoms with E-state index in [9.17, 15) is 4.79 Å². The molecule has 1 aromatic carbocycles. The Labute approximate surface area is 159 Å². The number of hydrogen-bond acceptors (Lipinski definition) is 5. The molecule has 2 rings (SSSR count). The smallest absolute Gasteiger partial charge is 0.226 e. The van der Waals surface area contributed by atoms with Crippen LogP contribution in [-0.4, -0.2) is 35.8 Å². The minimum Gasteiger partial charge on any atom is -0.381 e. The lowest BCUT2D eigenvalue weighted by Gasteiger charge is -2.07. The monoisotopic (exact) mass is 379 g/mol. The molecule has 0 unspecified atom stereocenters. The maximum absolute atomic E-state index is 11.8. The van der Waals surface area contributed by atoms with Crippen LogP contribution in [0.4, 0.5) is 0 Å². The van der Waals surface area contributed by atoms with E-state index in [1.807, 2.05) is 12.1 Å². The molecule has 6 nitrogen and oxygen atoms in total. The number of halogens is 1. The number of ether oxygens (including phenoxy) is 1. The van der Waals surface area contributed by atoms with E-state index in [1.165, 1.54) is 0 Å². The van der Waals surface area contributed by atoms with Gasteiger partial charge in [0.25, 0.3) is 0 Å². The molecule has 142 valence electrons. The van der Waals surface area contributed by atoms with Crippen LogP contribution < -0.4 is 5.32 Å². The van der Waals surface area contributed by atoms with Gasteiger partial charge in [-0.15, -0.1) is 0 Å². The average Bonchev–Trinajstić information content (AvgIpc) is 3.07. The third-order valence-corrected chi connectivity index (χ3v) is 3.86. The van der Waals surface area contributed by atoms with E-state index in [0.717, 1.165) is 18.6 Å². The summed E-state index contributed by atoms with van der Waals surface area (Å²) in [5.41, 5.74) is 0.849. The van der Waals surface area contributed by atoms with Crippen LogP contribution in [0.15, 0.2) is 28.8 Å². The molecule has 0 spiro atoms. The van der Waals surface area contributed by atoms with Crippen molar-refractivity contribution in [2.24, 2.45) is 5.92 Å². The number of benzene rings is 1. The summed E-state index contributed by atoms with van der Waals surface area (Å²) < 4.78 is 10.7. The fraction of sp³-hybridized carbons (Fsp3) is 0.526. The van der Waals surface area contributed by atoms with Crippen molar-refractivity contribution in [3.8, 4) is 11.4 Å². The molecule has 0 aliphatic carbocycles. The molecule has 1 heterocycles. The van der Waals surface area contributed by atoms with Crippen LogP contribution in [0, 0.1) is 5.92 Å². The summed E-state index contributed by atoms with van der Waals surface area (Å²) in [6.07, 6.45) is 2.50. The lowest BCUT2D eigenvalue weighted by atomic mass is 10.2. The molecular weight excluding hydrogens is 354 g/mol. The molecule has 0 aliphatic heterocycles. The number of rotatable bonds is 11. The maximum Gasteiger partial charge on any atom is 0.226 e. The highest BCUT2D eigenvalue weighted by atomic mass is 35.5. The molecule has 0 atom stereocenters. The van der Waals surface area contributed by atoms with Crippen LogP contribution >= 0.6 is 11.6 Å². The van der Waals surface area contributed by atoms with Crippen molar-refractivity contribution in [1.82, 2.24) is 15.5 Å². The number of aromatic nitrogens is 2. The van der Waals surface area contributed by atoms with E-state index in [0.29, 0.717) is 55.1 Å². The van der Waals surface area contributed by atoms with E-state index in [1.54, 1.807) is 12.1 Å². The Balaban J connectivity index is 1.61. The Morgan fingerprint density at radius 3 is 2.77 bits per heavy atom. The predicted octanol–water partition coefficient (Wildman–Crippen LogP) is 3.89. The van der Waals surface area contributed by atoms with Crippen LogP contribution in [0.5, 0.6) is 0 Å². The van der Waals surface area contributed by atoms with Crippen molar-refractivity contribution < 1.29 is 14.1 Å². The largest absolute Gasteiger partial charge is 0.381 e. The van der Waals surface area contributed by atoms with Crippen molar-refractivity contribution in [2.75, 3.05) is 19.8 Å². The summed E-state index contributed by atoms with van der Waals surface area (Å²) >= 11 is 5.87. The first-order valence-electron chi connectivity index (χ1n) is 8.97. The summed E-state index contributed by atoms with van der Waals surface area (Å²) in [6, 6.07) is 7.25. The van der Waals surface area contributed by atoms with Gasteiger partial charge in [0.2, 0.25) is 17.6 Å². The number of nitrogens with one attached hydrogen (secondary N) is 1. The molecule has 0 saturated carbocycles. The van der Waals surface area contributed by atoms with Crippen LogP contribution in [0.1, 0.15) is 39.0 Å². The van der Waals surface area contributed by atoms with Crippen molar-refractivity contribution in [3.05, 3.63) is 35.2 Å². The molecule has 2 aromatic rings. The molecule has 26 heavy (non-hydrogen) atoms. The Kier molecular flexibility index (Phi) is 8.58. The quantitative estimate of drug-likeness (QED) is 0.599. The van der Waals surface area contributed by atoms with Gasteiger partial charge in [-0.1, -0.05) is 30.6 Å². The molecule has 0 radical (unpaired) electrons. The number of carbonyl (C=O) groups excluding carboxylic acids is 1. The Bertz CT molecular complexity index is 671. The van der Waals surface area contributed by atoms with E-state index >= 15 is 0 Å². The van der Waals surface area contributed by atoms with Gasteiger partial charge >= 0.3 is 0 Å². The molecule has 1 aromatic heterocycles. The third-order valence-electron chi connectivity index (χ3n) is 3.60. The zero-order valence-electron chi connectivity index (χ0n) is 15.3. The topological polar surface area (TPSA) is 77.2 Å². The third kappa shape index (κ3) is 7.54. The summed E-state index contributed by atoms with van der Waals surface area (Å²) in [7, 11) is 0. The van der Waals surface area contributed by atoms with Gasteiger partial charge in [-0.05, 0) is 43.0 Å². The standard InChI is InChI=1S/C19H26ClN3O3/c1-14(2)13-25-12-4-11-21-17(24)5-3-6-18-22-19(23-26-18)15-7-9-16(20)10-8-15/h7-10,14H,3-6,11-13H2,1-2H3,(H,21,24). The lowest BCUT2D eigenvalue weighted by molar-refractivity contribution is -0.121. The zero-order chi connectivity index (χ0) is 18.8. The minimum atomic E-state index is 0.0336. The first kappa shape index (κ1) is 20.4. The first-order chi connectivity index (χ1) is 12.5. The Hall–Kier alpha value is -1.92. The van der Waals surface area contributed by atoms with Gasteiger partial charge in [0.05, 0.1) is 0 Å². The van der Waals surface area contributed by atoms with Gasteiger partial charge in [-0.3, -0.25) is 4.79 Å². The normalized spacial score (nSPS) is 11.1. The molecule has 1 amide bonds. The van der Waals surface area contributed by atoms with Gasteiger partial charge in [0, 0.05) is 43.2 Å². The first-order valence-corrected chi connectivity index (χ1v) is 9.35. The summed E-state index contributed by atoms with van der Waals surface area (Å²) in [5, 5.41) is 7.52. The van der Waals surface area contributed by atoms with Crippen molar-refractivity contribution in [3.63, 3.8) is 0 Å². The number of carbonyl (C=O) groups is 1. The average molecular weight is 380 g/mol. The number of nitrogens with zero attached hydrogens (tertiary/aromatic N) is 2. The second kappa shape index (κ2) is 10.9. The molecule has 0 aliphatic rings. The second-order valence-electron chi connectivity index (χ2n) is 6.54. The number of hydrogen-bond donors (Lipinski definition) is 1. The van der Waals surface area contributed by atoms with Crippen LogP contribution in [-0.2, 0) is 16.0 Å². The maximum atomic E-state index is 11.8. The number of amides is 1. The van der Waals surface area contributed by atoms with Crippen molar-refractivity contribution in [2.45, 2.75) is 39.5 Å². The van der Waals surface area contributed by atoms with Gasteiger partial charge < -0.3 is 14.6 Å². The molecule has 0 fully saturated rings. The van der Waals surface area contributed by atoms with Gasteiger partial charge in [0.15, 0.2) is 0 Å². The molecule has 1 N–H and O–H groups in total. The Morgan fingerprint density at radius 1 is 1.27 bits per heavy atom. The molecule has 0 bridgehead atoms. The van der Waals surface area contributed by atoms with Crippen LogP contribution in [0.25, 0.3) is 11.4 Å². The Morgan fingerprint density at radius 2 is 2.04 bits per heavy atom. The second-order valence-corrected chi connectivity index (χ2v) is 6.98. The molecular formula is C19H26ClN3O3. The highest BCUT2D eigenvalue weighted by Crippen LogP contribution is 2.19. The summed E-state index contributed by atoms with van der Waals surface area (Å²) in [4.78, 5) is 16.1. The highest BCUT2D eigenvalue weighted by molar-refractivity contribution is 6.30. The zero-order valence-corrected chi connectivity index (χ0v) is 16.1. The van der Waals surface area contributed by atoms with Crippen molar-refractivity contribution >= 4 is 17.5 Å². The van der Waals surface area contributed by atoms with Gasteiger partial charge in [-0.25, -0.2) is 0 Å². The lowest BCUT2D eigenvalue weighted by Crippen LogP contribution is -2.25. The molecule has 7 heteroatoms. The minimum absolute atomic E-state index is 0.0336. The fourth-order valence-corrected chi connectivity index (χ4v) is 2.41. The van der Waals surface area contributed by atoms with Crippen LogP contribution in [0.3, 0.4) is 0 Å². The van der Waals surface area contributed by atoms with E-state index in [-0.39, 0.29) is 5.91 Å².